The Morgan fingerprint density at radius 2 is 2.00 bits per heavy atom. The molecule has 0 bridgehead atoms. The molecular weight excluding hydrogens is 214 g/mol. The highest BCUT2D eigenvalue weighted by molar-refractivity contribution is 5.69. The Morgan fingerprint density at radius 3 is 2.65 bits per heavy atom. The lowest BCUT2D eigenvalue weighted by molar-refractivity contribution is 0.171. The molecule has 1 amide bonds. The molecule has 0 radical (unpaired) electrons. The number of alkyl carbamates (subject to hydrolysis) is 1. The van der Waals surface area contributed by atoms with E-state index in [1.54, 1.807) is 12.2 Å². The zero-order valence-corrected chi connectivity index (χ0v) is 10.4. The van der Waals surface area contributed by atoms with Crippen LogP contribution >= 0.6 is 0 Å². The molecular formula is C14H21NO2. The Kier molecular flexibility index (Phi) is 6.15. The van der Waals surface area contributed by atoms with Gasteiger partial charge >= 0.3 is 6.09 Å². The van der Waals surface area contributed by atoms with Crippen molar-refractivity contribution < 1.29 is 9.53 Å². The lowest BCUT2D eigenvalue weighted by Gasteiger charge is -2.22. The maximum Gasteiger partial charge on any atom is 0.412 e. The molecule has 1 aliphatic carbocycles. The van der Waals surface area contributed by atoms with Gasteiger partial charge in [-0.05, 0) is 25.8 Å². The van der Waals surface area contributed by atoms with Crippen LogP contribution in [-0.2, 0) is 4.74 Å². The van der Waals surface area contributed by atoms with Crippen LogP contribution < -0.4 is 5.32 Å². The van der Waals surface area contributed by atoms with Gasteiger partial charge in [-0.3, -0.25) is 0 Å². The first-order valence-corrected chi connectivity index (χ1v) is 6.19. The van der Waals surface area contributed by atoms with E-state index in [0.29, 0.717) is 5.76 Å². The minimum atomic E-state index is -0.396. The van der Waals surface area contributed by atoms with Crippen LogP contribution in [0.3, 0.4) is 0 Å². The zero-order chi connectivity index (χ0) is 12.5. The molecule has 1 fully saturated rings. The summed E-state index contributed by atoms with van der Waals surface area (Å²) in [5.74, 6) is 0.358. The van der Waals surface area contributed by atoms with Gasteiger partial charge in [-0.2, -0.15) is 0 Å². The normalized spacial score (nSPS) is 17.5. The van der Waals surface area contributed by atoms with Gasteiger partial charge in [0.2, 0.25) is 0 Å². The molecule has 0 atom stereocenters. The Balaban J connectivity index is 2.26. The van der Waals surface area contributed by atoms with Gasteiger partial charge < -0.3 is 10.1 Å². The van der Waals surface area contributed by atoms with Crippen molar-refractivity contribution >= 4 is 6.09 Å². The molecule has 0 unspecified atom stereocenters. The van der Waals surface area contributed by atoms with E-state index >= 15 is 0 Å². The maximum atomic E-state index is 11.5. The van der Waals surface area contributed by atoms with Gasteiger partial charge in [-0.1, -0.05) is 44.1 Å². The Hall–Kier alpha value is -1.51. The molecule has 0 aliphatic heterocycles. The van der Waals surface area contributed by atoms with Crippen molar-refractivity contribution in [3.63, 3.8) is 0 Å². The van der Waals surface area contributed by atoms with Crippen molar-refractivity contribution in [2.45, 2.75) is 45.1 Å². The third-order valence-corrected chi connectivity index (χ3v) is 2.74. The topological polar surface area (TPSA) is 38.3 Å². The Bertz CT molecular complexity index is 312. The van der Waals surface area contributed by atoms with Gasteiger partial charge in [0.25, 0.3) is 0 Å². The third-order valence-electron chi connectivity index (χ3n) is 2.74. The van der Waals surface area contributed by atoms with Gasteiger partial charge in [0.05, 0.1) is 0 Å². The second kappa shape index (κ2) is 7.71. The highest BCUT2D eigenvalue weighted by atomic mass is 16.6. The van der Waals surface area contributed by atoms with Crippen LogP contribution in [0.2, 0.25) is 0 Å². The fourth-order valence-corrected chi connectivity index (χ4v) is 1.87. The number of carbonyl (C=O) groups excluding carboxylic acids is 1. The van der Waals surface area contributed by atoms with Crippen LogP contribution in [0, 0.1) is 0 Å². The summed E-state index contributed by atoms with van der Waals surface area (Å²) in [5.41, 5.74) is 0. The molecule has 1 aliphatic rings. The quantitative estimate of drug-likeness (QED) is 0.596. The lowest BCUT2D eigenvalue weighted by atomic mass is 9.96. The summed E-state index contributed by atoms with van der Waals surface area (Å²) in [7, 11) is 0. The fourth-order valence-electron chi connectivity index (χ4n) is 1.87. The van der Waals surface area contributed by atoms with Gasteiger partial charge in [-0.15, -0.1) is 0 Å². The van der Waals surface area contributed by atoms with Crippen LogP contribution in [0.15, 0.2) is 36.6 Å². The van der Waals surface area contributed by atoms with Crippen molar-refractivity contribution in [1.82, 2.24) is 5.32 Å². The number of nitrogens with one attached hydrogen (secondary N) is 1. The molecule has 0 aromatic heterocycles. The van der Waals surface area contributed by atoms with Crippen molar-refractivity contribution in [1.29, 1.82) is 0 Å². The number of carbonyl (C=O) groups is 1. The lowest BCUT2D eigenvalue weighted by Crippen LogP contribution is -2.36. The number of ether oxygens (including phenoxy) is 1. The van der Waals surface area contributed by atoms with E-state index in [-0.39, 0.29) is 6.04 Å². The smallest absolute Gasteiger partial charge is 0.411 e. The number of hydrogen-bond donors (Lipinski definition) is 1. The third kappa shape index (κ3) is 5.95. The van der Waals surface area contributed by atoms with Gasteiger partial charge in [0.15, 0.2) is 0 Å². The maximum absolute atomic E-state index is 11.5. The Labute approximate surface area is 103 Å². The van der Waals surface area contributed by atoms with Crippen LogP contribution in [0.4, 0.5) is 4.79 Å². The first kappa shape index (κ1) is 13.6. The molecule has 0 aromatic carbocycles. The molecule has 1 saturated carbocycles. The summed E-state index contributed by atoms with van der Waals surface area (Å²) in [6, 6.07) is 0.267. The average molecular weight is 235 g/mol. The summed E-state index contributed by atoms with van der Waals surface area (Å²) in [4.78, 5) is 11.5. The van der Waals surface area contributed by atoms with Gasteiger partial charge in [0.1, 0.15) is 5.76 Å². The summed E-state index contributed by atoms with van der Waals surface area (Å²) >= 11 is 0. The highest BCUT2D eigenvalue weighted by Crippen LogP contribution is 2.17. The molecule has 3 heteroatoms. The standard InChI is InChI=1S/C14H21NO2/c1-3-4-6-9-12(2)17-14(16)15-13-10-7-5-8-11-13/h3-4,6,9,13H,2,5,7-8,10-11H2,1H3,(H,15,16)/b4-3-,9-6-. The number of hydrogen-bond acceptors (Lipinski definition) is 2. The van der Waals surface area contributed by atoms with E-state index in [1.807, 2.05) is 19.1 Å². The molecule has 0 saturated heterocycles. The molecule has 3 nitrogen and oxygen atoms in total. The predicted octanol–water partition coefficient (Wildman–Crippen LogP) is 3.69. The zero-order valence-electron chi connectivity index (χ0n) is 10.4. The molecule has 94 valence electrons. The first-order valence-electron chi connectivity index (χ1n) is 6.19. The largest absolute Gasteiger partial charge is 0.412 e. The molecule has 0 aromatic rings. The number of allylic oxidation sites excluding steroid dienone is 4. The molecule has 0 heterocycles. The molecule has 0 spiro atoms. The average Bonchev–Trinajstić information content (AvgIpc) is 2.30. The van der Waals surface area contributed by atoms with Crippen LogP contribution in [-0.4, -0.2) is 12.1 Å². The van der Waals surface area contributed by atoms with E-state index < -0.39 is 6.09 Å². The monoisotopic (exact) mass is 235 g/mol. The van der Waals surface area contributed by atoms with Crippen LogP contribution in [0.5, 0.6) is 0 Å². The minimum absolute atomic E-state index is 0.267. The molecule has 17 heavy (non-hydrogen) atoms. The van der Waals surface area contributed by atoms with E-state index in [9.17, 15) is 4.79 Å². The molecule has 1 N–H and O–H groups in total. The van der Waals surface area contributed by atoms with E-state index in [1.165, 1.54) is 19.3 Å². The minimum Gasteiger partial charge on any atom is -0.411 e. The number of rotatable bonds is 4. The van der Waals surface area contributed by atoms with E-state index in [2.05, 4.69) is 11.9 Å². The van der Waals surface area contributed by atoms with Crippen molar-refractivity contribution in [3.05, 3.63) is 36.6 Å². The van der Waals surface area contributed by atoms with Crippen molar-refractivity contribution in [2.75, 3.05) is 0 Å². The fraction of sp³-hybridized carbons (Fsp3) is 0.500. The van der Waals surface area contributed by atoms with Gasteiger partial charge in [0, 0.05) is 6.04 Å². The van der Waals surface area contributed by atoms with Crippen molar-refractivity contribution in [2.24, 2.45) is 0 Å². The summed E-state index contributed by atoms with van der Waals surface area (Å²) < 4.78 is 5.03. The highest BCUT2D eigenvalue weighted by Gasteiger charge is 2.16. The SMILES string of the molecule is C=C(/C=C\C=C/C)OC(=O)NC1CCCCC1. The summed E-state index contributed by atoms with van der Waals surface area (Å²) in [6.45, 7) is 5.58. The Morgan fingerprint density at radius 1 is 1.29 bits per heavy atom. The second-order valence-electron chi connectivity index (χ2n) is 4.22. The first-order chi connectivity index (χ1) is 8.22. The second-order valence-corrected chi connectivity index (χ2v) is 4.22. The number of amides is 1. The summed E-state index contributed by atoms with van der Waals surface area (Å²) in [6.07, 6.45) is 12.6. The van der Waals surface area contributed by atoms with Gasteiger partial charge in [-0.25, -0.2) is 4.79 Å². The van der Waals surface area contributed by atoms with E-state index in [4.69, 9.17) is 4.74 Å². The van der Waals surface area contributed by atoms with Crippen molar-refractivity contribution in [3.8, 4) is 0 Å². The van der Waals surface area contributed by atoms with Crippen LogP contribution in [0.1, 0.15) is 39.0 Å². The summed E-state index contributed by atoms with van der Waals surface area (Å²) in [5, 5.41) is 2.87. The van der Waals surface area contributed by atoms with E-state index in [0.717, 1.165) is 12.8 Å². The predicted molar refractivity (Wildman–Crippen MR) is 69.6 cm³/mol. The molecule has 1 rings (SSSR count). The van der Waals surface area contributed by atoms with Crippen LogP contribution in [0.25, 0.3) is 0 Å².